The number of anilines is 3. The lowest BCUT2D eigenvalue weighted by molar-refractivity contribution is -0.275. The molecule has 24 heteroatoms. The van der Waals surface area contributed by atoms with E-state index in [2.05, 4.69) is 40.0 Å². The molecule has 0 aliphatic carbocycles. The van der Waals surface area contributed by atoms with Crippen LogP contribution in [0.3, 0.4) is 0 Å². The summed E-state index contributed by atoms with van der Waals surface area (Å²) in [5, 5.41) is 43.7. The van der Waals surface area contributed by atoms with Crippen LogP contribution in [0.15, 0.2) is 78.0 Å². The highest BCUT2D eigenvalue weighted by Gasteiger charge is 2.32. The molecule has 2 aliphatic rings. The molecule has 4 heterocycles. The Labute approximate surface area is 382 Å². The van der Waals surface area contributed by atoms with E-state index >= 15 is 0 Å². The Balaban J connectivity index is 0.000000527. The third-order valence-electron chi connectivity index (χ3n) is 8.67. The summed E-state index contributed by atoms with van der Waals surface area (Å²) in [6, 6.07) is 12.2. The number of pyridine rings is 2. The first-order valence-corrected chi connectivity index (χ1v) is 19.1. The van der Waals surface area contributed by atoms with Crippen molar-refractivity contribution in [3.63, 3.8) is 0 Å². The van der Waals surface area contributed by atoms with Gasteiger partial charge in [-0.3, -0.25) is 0 Å². The van der Waals surface area contributed by atoms with Crippen molar-refractivity contribution >= 4 is 58.3 Å². The number of nitrogens with one attached hydrogen (secondary N) is 2. The number of carbonyl (C=O) groups is 1. The Morgan fingerprint density at radius 3 is 1.54 bits per heavy atom. The topological polar surface area (TPSA) is 205 Å². The van der Waals surface area contributed by atoms with Gasteiger partial charge in [-0.05, 0) is 60.7 Å². The van der Waals surface area contributed by atoms with Crippen LogP contribution >= 0.6 is 23.2 Å². The van der Waals surface area contributed by atoms with Gasteiger partial charge in [0.05, 0.1) is 28.9 Å². The number of alkyl halides is 6. The molecule has 0 radical (unpaired) electrons. The number of carbonyl (C=O) groups excluding carboxylic acids is 2. The summed E-state index contributed by atoms with van der Waals surface area (Å²) in [6.07, 6.45) is -7.21. The molecule has 2 aromatic carbocycles. The van der Waals surface area contributed by atoms with Crippen molar-refractivity contribution < 1.29 is 65.8 Å². The van der Waals surface area contributed by atoms with E-state index in [0.717, 1.165) is 56.3 Å². The minimum absolute atomic E-state index is 0. The van der Waals surface area contributed by atoms with Crippen LogP contribution in [0.1, 0.15) is 45.6 Å². The Hall–Kier alpha value is -5.45. The van der Waals surface area contributed by atoms with E-state index in [1.54, 1.807) is 17.2 Å². The standard InChI is InChI=1S/C19H20ClF3N4O4.C11H16ClN3O2.C8H4F3NO2.3CH4/c20-15-9-12(16(29)11-28)10-24-17(15)26-5-7-27(8-6-26)18(30)25-13-1-3-14(4-2-13)31-19(21,22)23;12-9-5-8(10(17)7-16)6-14-11(9)15-3-1-13-2-4-15;9-8(10,11)14-7-3-1-6(2-4-7)12-5-13;;;/h1-4,9-10,16,28-29H,5-8,11H2,(H,25,30);5-6,10,13,16-17H,1-4,7H2;1-4H;3*1H4/t16-;10-;;;;/m11..../s1. The van der Waals surface area contributed by atoms with E-state index in [0.29, 0.717) is 58.9 Å². The summed E-state index contributed by atoms with van der Waals surface area (Å²) < 4.78 is 79.1. The maximum Gasteiger partial charge on any atom is 0.573 e. The fourth-order valence-corrected chi connectivity index (χ4v) is 6.24. The second-order valence-electron chi connectivity index (χ2n) is 13.0. The molecule has 2 saturated heterocycles. The lowest BCUT2D eigenvalue weighted by Gasteiger charge is -2.35. The number of aliphatic hydroxyl groups is 4. The van der Waals surface area contributed by atoms with Gasteiger partial charge in [0.15, 0.2) is 0 Å². The zero-order valence-electron chi connectivity index (χ0n) is 32.3. The van der Waals surface area contributed by atoms with Crippen LogP contribution in [-0.2, 0) is 4.79 Å². The van der Waals surface area contributed by atoms with Crippen LogP contribution in [0.25, 0.3) is 0 Å². The van der Waals surface area contributed by atoms with Crippen LogP contribution in [0.5, 0.6) is 11.5 Å². The van der Waals surface area contributed by atoms with Gasteiger partial charge in [-0.1, -0.05) is 45.5 Å². The summed E-state index contributed by atoms with van der Waals surface area (Å²) in [4.78, 5) is 39.5. The molecule has 0 spiro atoms. The van der Waals surface area contributed by atoms with Crippen molar-refractivity contribution in [1.29, 1.82) is 0 Å². The van der Waals surface area contributed by atoms with Crippen LogP contribution in [0.2, 0.25) is 10.0 Å². The van der Waals surface area contributed by atoms with E-state index in [9.17, 15) is 46.1 Å². The molecule has 2 amide bonds. The SMILES string of the molecule is C.C.C.O=C(Nc1ccc(OC(F)(F)F)cc1)N1CCN(c2ncc([C@H](O)CO)cc2Cl)CC1.O=C=Nc1ccc(OC(F)(F)F)cc1.OC[C@@H](O)c1cnc(N2CCNCC2)c(Cl)c1. The monoisotopic (exact) mass is 968 g/mol. The number of urea groups is 1. The molecule has 6 rings (SSSR count). The molecule has 2 aromatic heterocycles. The first-order chi connectivity index (χ1) is 29.4. The summed E-state index contributed by atoms with van der Waals surface area (Å²) >= 11 is 12.4. The van der Waals surface area contributed by atoms with E-state index in [4.69, 9.17) is 33.4 Å². The zero-order chi connectivity index (χ0) is 45.5. The molecule has 2 fully saturated rings. The quantitative estimate of drug-likeness (QED) is 0.0514. The second-order valence-corrected chi connectivity index (χ2v) is 13.8. The third kappa shape index (κ3) is 18.9. The number of hydrogen-bond acceptors (Lipinski definition) is 14. The van der Waals surface area contributed by atoms with Crippen molar-refractivity contribution in [3.05, 3.63) is 94.2 Å². The number of aliphatic imine (C=N–C) groups is 1. The zero-order valence-corrected chi connectivity index (χ0v) is 33.8. The van der Waals surface area contributed by atoms with Gasteiger partial charge in [-0.15, -0.1) is 26.3 Å². The molecule has 16 nitrogen and oxygen atoms in total. The number of hydrogen-bond donors (Lipinski definition) is 6. The highest BCUT2D eigenvalue weighted by Crippen LogP contribution is 2.29. The second kappa shape index (κ2) is 27.1. The number of benzene rings is 2. The smallest absolute Gasteiger partial charge is 0.406 e. The molecule has 2 aliphatic heterocycles. The van der Waals surface area contributed by atoms with Crippen LogP contribution in [0.4, 0.5) is 54.1 Å². The molecule has 0 saturated carbocycles. The van der Waals surface area contributed by atoms with Crippen molar-refractivity contribution in [2.45, 2.75) is 47.2 Å². The summed E-state index contributed by atoms with van der Waals surface area (Å²) in [5.74, 6) is 0.515. The first kappa shape index (κ1) is 57.6. The van der Waals surface area contributed by atoms with Crippen LogP contribution in [-0.4, -0.2) is 126 Å². The minimum Gasteiger partial charge on any atom is -0.406 e. The van der Waals surface area contributed by atoms with Crippen molar-refractivity contribution in [2.24, 2.45) is 4.99 Å². The van der Waals surface area contributed by atoms with Gasteiger partial charge >= 0.3 is 18.8 Å². The van der Waals surface area contributed by atoms with E-state index in [1.165, 1.54) is 42.6 Å². The van der Waals surface area contributed by atoms with Crippen molar-refractivity contribution in [3.8, 4) is 11.5 Å². The number of aliphatic hydroxyl groups excluding tert-OH is 4. The molecule has 6 N–H and O–H groups in total. The van der Waals surface area contributed by atoms with E-state index in [1.807, 2.05) is 4.90 Å². The maximum atomic E-state index is 12.4. The molecule has 4 aromatic rings. The first-order valence-electron chi connectivity index (χ1n) is 18.3. The highest BCUT2D eigenvalue weighted by atomic mass is 35.5. The van der Waals surface area contributed by atoms with Gasteiger partial charge in [-0.25, -0.2) is 19.6 Å². The normalized spacial score (nSPS) is 14.4. The minimum atomic E-state index is -4.78. The number of aromatic nitrogens is 2. The molecule has 65 heavy (non-hydrogen) atoms. The highest BCUT2D eigenvalue weighted by molar-refractivity contribution is 6.33. The summed E-state index contributed by atoms with van der Waals surface area (Å²) in [7, 11) is 0. The average molecular weight is 970 g/mol. The number of piperazine rings is 2. The van der Waals surface area contributed by atoms with E-state index in [-0.39, 0.29) is 52.1 Å². The Bertz CT molecular complexity index is 2090. The number of halogens is 8. The molecular weight excluding hydrogens is 917 g/mol. The Morgan fingerprint density at radius 1 is 0.738 bits per heavy atom. The van der Waals surface area contributed by atoms with Gasteiger partial charge in [0.2, 0.25) is 6.08 Å². The fourth-order valence-electron chi connectivity index (χ4n) is 5.65. The lowest BCUT2D eigenvalue weighted by atomic mass is 10.1. The molecule has 0 unspecified atom stereocenters. The number of rotatable bonds is 10. The van der Waals surface area contributed by atoms with Gasteiger partial charge in [0.1, 0.15) is 35.3 Å². The van der Waals surface area contributed by atoms with Crippen molar-refractivity contribution in [1.82, 2.24) is 20.2 Å². The average Bonchev–Trinajstić information content (AvgIpc) is 3.24. The summed E-state index contributed by atoms with van der Waals surface area (Å²) in [6.45, 7) is 4.47. The van der Waals surface area contributed by atoms with Gasteiger partial charge in [0.25, 0.3) is 0 Å². The molecule has 0 bridgehead atoms. The van der Waals surface area contributed by atoms with Gasteiger partial charge in [0, 0.05) is 81.6 Å². The molecular formula is C41H52Cl2F6N8O8. The van der Waals surface area contributed by atoms with Crippen LogP contribution in [0, 0.1) is 0 Å². The summed E-state index contributed by atoms with van der Waals surface area (Å²) in [5.41, 5.74) is 1.50. The Kier molecular flexibility index (Phi) is 24.0. The predicted octanol–water partition coefficient (Wildman–Crippen LogP) is 7.64. The van der Waals surface area contributed by atoms with Crippen molar-refractivity contribution in [2.75, 3.05) is 80.7 Å². The number of ether oxygens (including phenoxy) is 2. The number of amides is 2. The van der Waals surface area contributed by atoms with Gasteiger partial charge in [-0.2, -0.15) is 4.99 Å². The third-order valence-corrected chi connectivity index (χ3v) is 9.22. The number of nitrogens with zero attached hydrogens (tertiary/aromatic N) is 6. The van der Waals surface area contributed by atoms with Gasteiger partial charge < -0.3 is 55.2 Å². The van der Waals surface area contributed by atoms with Crippen LogP contribution < -0.4 is 29.9 Å². The fraction of sp³-hybridized carbons (Fsp3) is 0.415. The molecule has 360 valence electrons. The predicted molar refractivity (Wildman–Crippen MR) is 235 cm³/mol. The Morgan fingerprint density at radius 2 is 1.15 bits per heavy atom. The van der Waals surface area contributed by atoms with E-state index < -0.39 is 31.5 Å². The number of isocyanates is 1. The molecule has 2 atom stereocenters. The lowest BCUT2D eigenvalue weighted by Crippen LogP contribution is -2.50. The largest absolute Gasteiger partial charge is 0.573 e. The maximum absolute atomic E-state index is 12.4.